The minimum Gasteiger partial charge on any atom is -0.345 e. The van der Waals surface area contributed by atoms with Crippen LogP contribution in [0.2, 0.25) is 0 Å². The van der Waals surface area contributed by atoms with Gasteiger partial charge in [-0.15, -0.1) is 0 Å². The Morgan fingerprint density at radius 3 is 2.88 bits per heavy atom. The van der Waals surface area contributed by atoms with Crippen molar-refractivity contribution in [1.82, 2.24) is 29.5 Å². The summed E-state index contributed by atoms with van der Waals surface area (Å²) < 4.78 is 39.5. The van der Waals surface area contributed by atoms with Crippen LogP contribution in [0.5, 0.6) is 0 Å². The van der Waals surface area contributed by atoms with Crippen molar-refractivity contribution < 1.29 is 13.2 Å². The first-order valence-electron chi connectivity index (χ1n) is 7.39. The number of nitrogens with one attached hydrogen (secondary N) is 2. The van der Waals surface area contributed by atoms with Crippen LogP contribution in [-0.4, -0.2) is 41.8 Å². The SMILES string of the molecule is CC(Nc1ncc2c(-c3ccc4ncnn4c3)c[nH]c2n1)C(F)(F)F. The maximum atomic E-state index is 12.6. The van der Waals surface area contributed by atoms with Gasteiger partial charge < -0.3 is 10.3 Å². The summed E-state index contributed by atoms with van der Waals surface area (Å²) in [4.78, 5) is 15.2. The van der Waals surface area contributed by atoms with Crippen LogP contribution in [0.3, 0.4) is 0 Å². The number of hydrogen-bond acceptors (Lipinski definition) is 5. The van der Waals surface area contributed by atoms with Gasteiger partial charge in [-0.1, -0.05) is 0 Å². The molecule has 7 nitrogen and oxygen atoms in total. The monoisotopic (exact) mass is 347 g/mol. The topological polar surface area (TPSA) is 83.8 Å². The fraction of sp³-hybridized carbons (Fsp3) is 0.200. The highest BCUT2D eigenvalue weighted by Crippen LogP contribution is 2.28. The lowest BCUT2D eigenvalue weighted by Gasteiger charge is -2.16. The molecule has 0 fully saturated rings. The van der Waals surface area contributed by atoms with Gasteiger partial charge in [0.15, 0.2) is 5.65 Å². The minimum atomic E-state index is -4.37. The van der Waals surface area contributed by atoms with Crippen LogP contribution in [0.1, 0.15) is 6.92 Å². The molecule has 1 unspecified atom stereocenters. The molecule has 4 rings (SSSR count). The molecule has 0 amide bonds. The van der Waals surface area contributed by atoms with Gasteiger partial charge in [0.1, 0.15) is 18.0 Å². The molecule has 0 aromatic carbocycles. The molecule has 0 bridgehead atoms. The number of fused-ring (bicyclic) bond motifs is 2. The molecule has 0 spiro atoms. The average Bonchev–Trinajstić information content (AvgIpc) is 3.19. The number of alkyl halides is 3. The first kappa shape index (κ1) is 15.4. The second-order valence-electron chi connectivity index (χ2n) is 5.55. The standard InChI is InChI=1S/C15H12F3N7/c1-8(15(16,17)18)23-14-20-5-11-10(4-19-13(11)24-14)9-2-3-12-21-7-22-25(12)6-9/h2-8H,1H3,(H2,19,20,23,24). The minimum absolute atomic E-state index is 0.0857. The van der Waals surface area contributed by atoms with Crippen molar-refractivity contribution in [2.75, 3.05) is 5.32 Å². The van der Waals surface area contributed by atoms with Gasteiger partial charge in [-0.05, 0) is 19.1 Å². The van der Waals surface area contributed by atoms with Crippen LogP contribution in [-0.2, 0) is 0 Å². The van der Waals surface area contributed by atoms with Gasteiger partial charge in [0.25, 0.3) is 0 Å². The van der Waals surface area contributed by atoms with Gasteiger partial charge >= 0.3 is 6.18 Å². The Morgan fingerprint density at radius 1 is 1.24 bits per heavy atom. The van der Waals surface area contributed by atoms with Gasteiger partial charge in [0.05, 0.1) is 0 Å². The van der Waals surface area contributed by atoms with E-state index >= 15 is 0 Å². The smallest absolute Gasteiger partial charge is 0.345 e. The van der Waals surface area contributed by atoms with E-state index in [4.69, 9.17) is 0 Å². The van der Waals surface area contributed by atoms with Crippen molar-refractivity contribution in [1.29, 1.82) is 0 Å². The van der Waals surface area contributed by atoms with Crippen LogP contribution in [0.15, 0.2) is 37.1 Å². The molecule has 4 aromatic rings. The summed E-state index contributed by atoms with van der Waals surface area (Å²) in [5.74, 6) is -0.0857. The van der Waals surface area contributed by atoms with Crippen LogP contribution < -0.4 is 5.32 Å². The number of aromatic nitrogens is 6. The molecule has 0 aliphatic rings. The average molecular weight is 347 g/mol. The van der Waals surface area contributed by atoms with Crippen molar-refractivity contribution in [3.63, 3.8) is 0 Å². The number of pyridine rings is 1. The maximum Gasteiger partial charge on any atom is 0.408 e. The Hall–Kier alpha value is -3.17. The van der Waals surface area contributed by atoms with E-state index in [2.05, 4.69) is 30.4 Å². The summed E-state index contributed by atoms with van der Waals surface area (Å²) in [5, 5.41) is 7.04. The van der Waals surface area contributed by atoms with Crippen LogP contribution in [0, 0.1) is 0 Å². The summed E-state index contributed by atoms with van der Waals surface area (Å²) in [6, 6.07) is 1.96. The normalized spacial score (nSPS) is 13.4. The van der Waals surface area contributed by atoms with Crippen molar-refractivity contribution in [2.24, 2.45) is 0 Å². The molecule has 0 aliphatic carbocycles. The molecule has 25 heavy (non-hydrogen) atoms. The molecule has 4 heterocycles. The number of nitrogens with zero attached hydrogens (tertiary/aromatic N) is 5. The summed E-state index contributed by atoms with van der Waals surface area (Å²) in [5.41, 5.74) is 2.84. The summed E-state index contributed by atoms with van der Waals surface area (Å²) in [6.07, 6.45) is 2.12. The number of hydrogen-bond donors (Lipinski definition) is 2. The van der Waals surface area contributed by atoms with E-state index in [1.165, 1.54) is 12.5 Å². The second-order valence-corrected chi connectivity index (χ2v) is 5.55. The lowest BCUT2D eigenvalue weighted by molar-refractivity contribution is -0.138. The Bertz CT molecular complexity index is 1050. The van der Waals surface area contributed by atoms with Crippen LogP contribution in [0.25, 0.3) is 27.8 Å². The number of halogens is 3. The van der Waals surface area contributed by atoms with E-state index in [1.54, 1.807) is 10.7 Å². The maximum absolute atomic E-state index is 12.6. The molecular weight excluding hydrogens is 335 g/mol. The van der Waals surface area contributed by atoms with Gasteiger partial charge in [0, 0.05) is 35.1 Å². The molecule has 0 aliphatic heterocycles. The third-order valence-corrected chi connectivity index (χ3v) is 3.85. The lowest BCUT2D eigenvalue weighted by atomic mass is 10.1. The first-order valence-corrected chi connectivity index (χ1v) is 7.39. The molecule has 10 heteroatoms. The molecule has 2 N–H and O–H groups in total. The van der Waals surface area contributed by atoms with E-state index in [-0.39, 0.29) is 5.95 Å². The Kier molecular flexibility index (Phi) is 3.34. The predicted octanol–water partition coefficient (Wildman–Crippen LogP) is 3.03. The third kappa shape index (κ3) is 2.75. The van der Waals surface area contributed by atoms with Gasteiger partial charge in [0.2, 0.25) is 5.95 Å². The zero-order valence-electron chi connectivity index (χ0n) is 12.9. The zero-order chi connectivity index (χ0) is 17.6. The van der Waals surface area contributed by atoms with E-state index in [0.717, 1.165) is 18.1 Å². The first-order chi connectivity index (χ1) is 11.9. The van der Waals surface area contributed by atoms with Crippen molar-refractivity contribution in [2.45, 2.75) is 19.1 Å². The third-order valence-electron chi connectivity index (χ3n) is 3.85. The number of rotatable bonds is 3. The Balaban J connectivity index is 1.70. The van der Waals surface area contributed by atoms with E-state index in [0.29, 0.717) is 16.7 Å². The van der Waals surface area contributed by atoms with Crippen molar-refractivity contribution in [3.05, 3.63) is 37.1 Å². The molecule has 0 radical (unpaired) electrons. The molecule has 4 aromatic heterocycles. The van der Waals surface area contributed by atoms with Gasteiger partial charge in [-0.2, -0.15) is 23.3 Å². The number of aromatic amines is 1. The Morgan fingerprint density at radius 2 is 2.08 bits per heavy atom. The van der Waals surface area contributed by atoms with E-state index in [1.807, 2.05) is 18.3 Å². The van der Waals surface area contributed by atoms with Crippen LogP contribution in [0.4, 0.5) is 19.1 Å². The molecule has 128 valence electrons. The van der Waals surface area contributed by atoms with E-state index in [9.17, 15) is 13.2 Å². The molecule has 1 atom stereocenters. The molecule has 0 saturated heterocycles. The van der Waals surface area contributed by atoms with Crippen molar-refractivity contribution >= 4 is 22.6 Å². The summed E-state index contributed by atoms with van der Waals surface area (Å²) >= 11 is 0. The van der Waals surface area contributed by atoms with E-state index < -0.39 is 12.2 Å². The zero-order valence-corrected chi connectivity index (χ0v) is 12.9. The summed E-state index contributed by atoms with van der Waals surface area (Å²) in [6.45, 7) is 1.01. The fourth-order valence-corrected chi connectivity index (χ4v) is 2.47. The number of anilines is 1. The van der Waals surface area contributed by atoms with Gasteiger partial charge in [-0.3, -0.25) is 0 Å². The van der Waals surface area contributed by atoms with Gasteiger partial charge in [-0.25, -0.2) is 14.5 Å². The highest BCUT2D eigenvalue weighted by atomic mass is 19.4. The summed E-state index contributed by atoms with van der Waals surface area (Å²) in [7, 11) is 0. The second kappa shape index (κ2) is 5.43. The largest absolute Gasteiger partial charge is 0.408 e. The number of H-pyrrole nitrogens is 1. The quantitative estimate of drug-likeness (QED) is 0.595. The fourth-order valence-electron chi connectivity index (χ4n) is 2.47. The van der Waals surface area contributed by atoms with Crippen molar-refractivity contribution in [3.8, 4) is 11.1 Å². The highest BCUT2D eigenvalue weighted by molar-refractivity contribution is 5.93. The lowest BCUT2D eigenvalue weighted by Crippen LogP contribution is -2.33. The molecular formula is C15H12F3N7. The predicted molar refractivity (Wildman–Crippen MR) is 85.0 cm³/mol. The van der Waals surface area contributed by atoms with Crippen LogP contribution >= 0.6 is 0 Å². The molecule has 0 saturated carbocycles. The highest BCUT2D eigenvalue weighted by Gasteiger charge is 2.36. The Labute approximate surface area is 138 Å².